The van der Waals surface area contributed by atoms with Crippen LogP contribution in [0.25, 0.3) is 0 Å². The van der Waals surface area contributed by atoms with E-state index >= 15 is 0 Å². The molecule has 0 saturated heterocycles. The van der Waals surface area contributed by atoms with Gasteiger partial charge in [-0.05, 0) is 11.8 Å². The highest BCUT2D eigenvalue weighted by Crippen LogP contribution is 2.13. The molecule has 2 nitrogen and oxygen atoms in total. The van der Waals surface area contributed by atoms with Crippen molar-refractivity contribution in [3.8, 4) is 0 Å². The minimum atomic E-state index is 1.03. The standard InChI is InChI=1S/C6H9N2S/c1-2-7-6-8(3-1)4-5-9-6/h4H,1-3,5H2/q+1. The number of hydrogen-bond donors (Lipinski definition) is 0. The van der Waals surface area contributed by atoms with Gasteiger partial charge in [0.15, 0.2) is 0 Å². The average molecular weight is 141 g/mol. The fourth-order valence-corrected chi connectivity index (χ4v) is 2.02. The topological polar surface area (TPSA) is 15.4 Å². The Kier molecular flexibility index (Phi) is 1.30. The van der Waals surface area contributed by atoms with Crippen LogP contribution in [0.3, 0.4) is 0 Å². The van der Waals surface area contributed by atoms with Crippen molar-refractivity contribution in [1.82, 2.24) is 0 Å². The van der Waals surface area contributed by atoms with Crippen molar-refractivity contribution in [3.05, 3.63) is 0 Å². The van der Waals surface area contributed by atoms with Gasteiger partial charge < -0.3 is 0 Å². The lowest BCUT2D eigenvalue weighted by molar-refractivity contribution is -0.400. The Labute approximate surface area is 58.7 Å². The molecule has 2 aliphatic rings. The number of hydrogen-bond acceptors (Lipinski definition) is 2. The summed E-state index contributed by atoms with van der Waals surface area (Å²) in [5.41, 5.74) is 0. The monoisotopic (exact) mass is 141 g/mol. The molecule has 0 aromatic carbocycles. The van der Waals surface area contributed by atoms with Gasteiger partial charge in [0.25, 0.3) is 0 Å². The quantitative estimate of drug-likeness (QED) is 0.450. The lowest BCUT2D eigenvalue weighted by Crippen LogP contribution is -2.21. The van der Waals surface area contributed by atoms with Crippen molar-refractivity contribution in [3.63, 3.8) is 0 Å². The van der Waals surface area contributed by atoms with E-state index in [0.717, 1.165) is 12.3 Å². The van der Waals surface area contributed by atoms with E-state index in [1.807, 2.05) is 11.8 Å². The van der Waals surface area contributed by atoms with Crippen molar-refractivity contribution >= 4 is 23.1 Å². The zero-order chi connectivity index (χ0) is 6.10. The second-order valence-electron chi connectivity index (χ2n) is 2.20. The molecule has 0 spiro atoms. The van der Waals surface area contributed by atoms with Crippen LogP contribution < -0.4 is 0 Å². The maximum Gasteiger partial charge on any atom is 0.353 e. The highest BCUT2D eigenvalue weighted by molar-refractivity contribution is 8.14. The average Bonchev–Trinajstić information content (AvgIpc) is 2.33. The smallest absolute Gasteiger partial charge is 0.228 e. The number of fused-ring (bicyclic) bond motifs is 1. The lowest BCUT2D eigenvalue weighted by Gasteiger charge is -2.01. The van der Waals surface area contributed by atoms with E-state index in [9.17, 15) is 0 Å². The third kappa shape index (κ3) is 0.894. The first-order chi connectivity index (χ1) is 4.47. The summed E-state index contributed by atoms with van der Waals surface area (Å²) in [6.07, 6.45) is 3.45. The van der Waals surface area contributed by atoms with Crippen molar-refractivity contribution in [2.45, 2.75) is 6.42 Å². The van der Waals surface area contributed by atoms with E-state index < -0.39 is 0 Å². The maximum absolute atomic E-state index is 4.37. The van der Waals surface area contributed by atoms with Crippen LogP contribution in [0.1, 0.15) is 6.42 Å². The fraction of sp³-hybridized carbons (Fsp3) is 0.667. The van der Waals surface area contributed by atoms with E-state index in [1.54, 1.807) is 0 Å². The largest absolute Gasteiger partial charge is 0.353 e. The third-order valence-electron chi connectivity index (χ3n) is 1.56. The van der Waals surface area contributed by atoms with Crippen molar-refractivity contribution in [2.24, 2.45) is 4.99 Å². The molecule has 0 fully saturated rings. The van der Waals surface area contributed by atoms with E-state index in [1.165, 1.54) is 18.1 Å². The van der Waals surface area contributed by atoms with Gasteiger partial charge in [-0.1, -0.05) is 4.99 Å². The van der Waals surface area contributed by atoms with Crippen molar-refractivity contribution in [1.29, 1.82) is 0 Å². The van der Waals surface area contributed by atoms with Gasteiger partial charge in [-0.2, -0.15) is 0 Å². The van der Waals surface area contributed by atoms with Crippen LogP contribution in [0.4, 0.5) is 0 Å². The van der Waals surface area contributed by atoms with Crippen LogP contribution >= 0.6 is 11.8 Å². The summed E-state index contributed by atoms with van der Waals surface area (Å²) in [4.78, 5) is 4.37. The minimum Gasteiger partial charge on any atom is -0.228 e. The number of rotatable bonds is 0. The minimum absolute atomic E-state index is 1.03. The van der Waals surface area contributed by atoms with Crippen LogP contribution in [0, 0.1) is 0 Å². The maximum atomic E-state index is 4.37. The van der Waals surface area contributed by atoms with E-state index in [0.29, 0.717) is 0 Å². The summed E-state index contributed by atoms with van der Waals surface area (Å²) in [5, 5.41) is 1.24. The molecule has 0 amide bonds. The van der Waals surface area contributed by atoms with Crippen LogP contribution in [0.5, 0.6) is 0 Å². The highest BCUT2D eigenvalue weighted by Gasteiger charge is 2.23. The zero-order valence-corrected chi connectivity index (χ0v) is 6.02. The van der Waals surface area contributed by atoms with E-state index in [2.05, 4.69) is 15.8 Å². The van der Waals surface area contributed by atoms with Crippen molar-refractivity contribution < 1.29 is 4.58 Å². The first-order valence-electron chi connectivity index (χ1n) is 3.24. The van der Waals surface area contributed by atoms with E-state index in [4.69, 9.17) is 0 Å². The van der Waals surface area contributed by atoms with Gasteiger partial charge in [-0.25, -0.2) is 4.58 Å². The molecular formula is C6H9N2S+. The third-order valence-corrected chi connectivity index (χ3v) is 2.49. The normalized spacial score (nSPS) is 24.9. The Morgan fingerprint density at radius 1 is 1.67 bits per heavy atom. The molecule has 0 N–H and O–H groups in total. The van der Waals surface area contributed by atoms with Gasteiger partial charge in [0.1, 0.15) is 6.54 Å². The van der Waals surface area contributed by atoms with Crippen LogP contribution in [0.2, 0.25) is 0 Å². The fourth-order valence-electron chi connectivity index (χ4n) is 1.10. The summed E-state index contributed by atoms with van der Waals surface area (Å²) in [6.45, 7) is 2.22. The molecule has 3 heteroatoms. The molecule has 0 atom stereocenters. The summed E-state index contributed by atoms with van der Waals surface area (Å²) in [5.74, 6) is 1.12. The van der Waals surface area contributed by atoms with E-state index in [-0.39, 0.29) is 0 Å². The van der Waals surface area contributed by atoms with Crippen LogP contribution in [0.15, 0.2) is 4.99 Å². The molecule has 2 heterocycles. The van der Waals surface area contributed by atoms with Crippen LogP contribution in [-0.4, -0.2) is 34.8 Å². The molecule has 2 aliphatic heterocycles. The van der Waals surface area contributed by atoms with Gasteiger partial charge in [-0.3, -0.25) is 0 Å². The summed E-state index contributed by atoms with van der Waals surface area (Å²) in [6, 6.07) is 0. The Balaban J connectivity index is 2.30. The molecule has 0 radical (unpaired) electrons. The number of aliphatic imine (C=N–C) groups is 1. The van der Waals surface area contributed by atoms with Gasteiger partial charge in [0.2, 0.25) is 0 Å². The van der Waals surface area contributed by atoms with Crippen molar-refractivity contribution in [2.75, 3.05) is 18.8 Å². The second-order valence-corrected chi connectivity index (χ2v) is 3.19. The summed E-state index contributed by atoms with van der Waals surface area (Å²) >= 11 is 1.85. The first-order valence-corrected chi connectivity index (χ1v) is 4.22. The Hall–Kier alpha value is -0.310. The molecule has 0 unspecified atom stereocenters. The van der Waals surface area contributed by atoms with Gasteiger partial charge >= 0.3 is 5.17 Å². The molecule has 0 aromatic heterocycles. The first kappa shape index (κ1) is 5.47. The second kappa shape index (κ2) is 2.14. The molecule has 0 aliphatic carbocycles. The highest BCUT2D eigenvalue weighted by atomic mass is 32.2. The molecule has 0 saturated carbocycles. The molecule has 48 valence electrons. The summed E-state index contributed by atoms with van der Waals surface area (Å²) < 4.78 is 2.26. The predicted molar refractivity (Wildman–Crippen MR) is 40.6 cm³/mol. The summed E-state index contributed by atoms with van der Waals surface area (Å²) in [7, 11) is 0. The predicted octanol–water partition coefficient (Wildman–Crippen LogP) is 0.576. The number of amidine groups is 1. The molecular weight excluding hydrogens is 132 g/mol. The molecule has 2 rings (SSSR count). The SMILES string of the molecule is C1=[N+]2CCCN=C2SC1. The van der Waals surface area contributed by atoms with Crippen LogP contribution in [-0.2, 0) is 0 Å². The zero-order valence-electron chi connectivity index (χ0n) is 5.21. The van der Waals surface area contributed by atoms with Gasteiger partial charge in [0.05, 0.1) is 18.5 Å². The molecule has 9 heavy (non-hydrogen) atoms. The van der Waals surface area contributed by atoms with Gasteiger partial charge in [-0.15, -0.1) is 0 Å². The number of thioether (sulfide) groups is 1. The molecule has 0 bridgehead atoms. The Bertz CT molecular complexity index is 183. The molecule has 0 aromatic rings. The Morgan fingerprint density at radius 3 is 3.56 bits per heavy atom. The lowest BCUT2D eigenvalue weighted by atomic mass is 10.4. The number of nitrogens with zero attached hydrogens (tertiary/aromatic N) is 2. The Morgan fingerprint density at radius 2 is 2.67 bits per heavy atom. The van der Waals surface area contributed by atoms with Gasteiger partial charge in [0, 0.05) is 6.42 Å².